The third kappa shape index (κ3) is 3.40. The monoisotopic (exact) mass is 372 g/mol. The molecular formula is C19H17ClN2O2S. The van der Waals surface area contributed by atoms with Gasteiger partial charge in [-0.25, -0.2) is 0 Å². The second-order valence-electron chi connectivity index (χ2n) is 5.84. The van der Waals surface area contributed by atoms with Gasteiger partial charge in [-0.1, -0.05) is 41.6 Å². The molecule has 4 nitrogen and oxygen atoms in total. The van der Waals surface area contributed by atoms with Crippen LogP contribution in [0, 0.1) is 0 Å². The highest BCUT2D eigenvalue weighted by Gasteiger charge is 2.24. The highest BCUT2D eigenvalue weighted by atomic mass is 35.5. The Kier molecular flexibility index (Phi) is 4.70. The number of hydrogen-bond donors (Lipinski definition) is 1. The van der Waals surface area contributed by atoms with Gasteiger partial charge in [0, 0.05) is 33.9 Å². The molecule has 0 aliphatic carbocycles. The number of carbonyl (C=O) groups is 1. The number of carbonyl (C=O) groups excluding carboxylic acids is 1. The topological polar surface area (TPSA) is 45.3 Å². The Hall–Kier alpha value is -1.95. The number of para-hydroxylation sites is 1. The summed E-state index contributed by atoms with van der Waals surface area (Å²) < 4.78 is 5.36. The molecule has 0 saturated carbocycles. The van der Waals surface area contributed by atoms with Crippen LogP contribution in [0.4, 0.5) is 0 Å². The first-order chi connectivity index (χ1) is 12.2. The van der Waals surface area contributed by atoms with Gasteiger partial charge < -0.3 is 14.6 Å². The third-order valence-corrected chi connectivity index (χ3v) is 5.59. The molecule has 1 saturated heterocycles. The molecule has 1 N–H and O–H groups in total. The van der Waals surface area contributed by atoms with E-state index >= 15 is 0 Å². The van der Waals surface area contributed by atoms with Crippen LogP contribution in [-0.4, -0.2) is 42.1 Å². The number of H-pyrrole nitrogens is 1. The predicted octanol–water partition coefficient (Wildman–Crippen LogP) is 4.44. The van der Waals surface area contributed by atoms with E-state index in [1.165, 1.54) is 0 Å². The number of benzene rings is 2. The van der Waals surface area contributed by atoms with E-state index in [2.05, 4.69) is 4.98 Å². The molecule has 128 valence electrons. The van der Waals surface area contributed by atoms with Crippen LogP contribution in [0.2, 0.25) is 5.02 Å². The summed E-state index contributed by atoms with van der Waals surface area (Å²) in [5.41, 5.74) is 1.61. The largest absolute Gasteiger partial charge is 0.378 e. The van der Waals surface area contributed by atoms with E-state index < -0.39 is 0 Å². The third-order valence-electron chi connectivity index (χ3n) is 4.20. The Bertz CT molecular complexity index is 901. The first-order valence-corrected chi connectivity index (χ1v) is 9.33. The lowest BCUT2D eigenvalue weighted by molar-refractivity contribution is 0.0297. The van der Waals surface area contributed by atoms with Crippen molar-refractivity contribution in [3.63, 3.8) is 0 Å². The first-order valence-electron chi connectivity index (χ1n) is 8.13. The molecule has 1 amide bonds. The van der Waals surface area contributed by atoms with Crippen molar-refractivity contribution in [2.24, 2.45) is 0 Å². The summed E-state index contributed by atoms with van der Waals surface area (Å²) in [6, 6.07) is 15.7. The quantitative estimate of drug-likeness (QED) is 0.739. The van der Waals surface area contributed by atoms with Crippen LogP contribution in [0.15, 0.2) is 58.3 Å². The van der Waals surface area contributed by atoms with Crippen LogP contribution in [-0.2, 0) is 4.74 Å². The van der Waals surface area contributed by atoms with E-state index in [1.54, 1.807) is 11.8 Å². The fourth-order valence-corrected chi connectivity index (χ4v) is 4.08. The van der Waals surface area contributed by atoms with Crippen LogP contribution in [0.5, 0.6) is 0 Å². The zero-order chi connectivity index (χ0) is 17.2. The van der Waals surface area contributed by atoms with Crippen molar-refractivity contribution in [2.75, 3.05) is 26.3 Å². The van der Waals surface area contributed by atoms with Gasteiger partial charge in [0.25, 0.3) is 5.91 Å². The fraction of sp³-hybridized carbons (Fsp3) is 0.211. The molecule has 6 heteroatoms. The zero-order valence-electron chi connectivity index (χ0n) is 13.5. The average Bonchev–Trinajstić information content (AvgIpc) is 3.02. The smallest absolute Gasteiger partial charge is 0.271 e. The number of nitrogens with zero attached hydrogens (tertiary/aromatic N) is 1. The Balaban J connectivity index is 1.75. The molecule has 2 heterocycles. The molecule has 4 rings (SSSR count). The van der Waals surface area contributed by atoms with Gasteiger partial charge >= 0.3 is 0 Å². The number of amides is 1. The van der Waals surface area contributed by atoms with Gasteiger partial charge in [0.2, 0.25) is 0 Å². The summed E-state index contributed by atoms with van der Waals surface area (Å²) in [5.74, 6) is 0.0240. The van der Waals surface area contributed by atoms with E-state index in [1.807, 2.05) is 53.4 Å². The standard InChI is InChI=1S/C19H17ClN2O2S/c20-13-5-7-14(8-6-13)25-18-15-3-1-2-4-16(15)21-17(18)19(23)22-9-11-24-12-10-22/h1-8,21H,9-12H2. The van der Waals surface area contributed by atoms with E-state index in [0.717, 1.165) is 20.7 Å². The molecule has 1 aromatic heterocycles. The molecule has 1 aliphatic rings. The van der Waals surface area contributed by atoms with E-state index in [0.29, 0.717) is 37.0 Å². The van der Waals surface area contributed by atoms with Gasteiger partial charge in [-0.2, -0.15) is 0 Å². The molecule has 0 unspecified atom stereocenters. The number of morpholine rings is 1. The second-order valence-corrected chi connectivity index (χ2v) is 7.36. The molecule has 0 atom stereocenters. The first kappa shape index (κ1) is 16.5. The number of halogens is 1. The van der Waals surface area contributed by atoms with Gasteiger partial charge in [-0.15, -0.1) is 0 Å². The Labute approximate surface area is 155 Å². The molecule has 0 spiro atoms. The van der Waals surface area contributed by atoms with Crippen molar-refractivity contribution < 1.29 is 9.53 Å². The summed E-state index contributed by atoms with van der Waals surface area (Å²) >= 11 is 7.57. The van der Waals surface area contributed by atoms with E-state index in [9.17, 15) is 4.79 Å². The van der Waals surface area contributed by atoms with Gasteiger partial charge in [-0.3, -0.25) is 4.79 Å². The van der Waals surface area contributed by atoms with Crippen molar-refractivity contribution in [1.29, 1.82) is 0 Å². The number of ether oxygens (including phenoxy) is 1. The number of nitrogens with one attached hydrogen (secondary N) is 1. The van der Waals surface area contributed by atoms with Crippen molar-refractivity contribution in [1.82, 2.24) is 9.88 Å². The second kappa shape index (κ2) is 7.12. The summed E-state index contributed by atoms with van der Waals surface area (Å²) in [5, 5.41) is 1.76. The van der Waals surface area contributed by atoms with Gasteiger partial charge in [0.05, 0.1) is 18.1 Å². The van der Waals surface area contributed by atoms with Gasteiger partial charge in [-0.05, 0) is 30.3 Å². The van der Waals surface area contributed by atoms with Crippen molar-refractivity contribution in [3.8, 4) is 0 Å². The minimum atomic E-state index is 0.0240. The van der Waals surface area contributed by atoms with Crippen LogP contribution < -0.4 is 0 Å². The maximum atomic E-state index is 13.0. The minimum absolute atomic E-state index is 0.0240. The van der Waals surface area contributed by atoms with Crippen molar-refractivity contribution in [3.05, 3.63) is 59.2 Å². The molecular weight excluding hydrogens is 356 g/mol. The number of hydrogen-bond acceptors (Lipinski definition) is 3. The van der Waals surface area contributed by atoms with E-state index in [4.69, 9.17) is 16.3 Å². The molecule has 2 aromatic carbocycles. The molecule has 3 aromatic rings. The summed E-state index contributed by atoms with van der Waals surface area (Å²) in [6.07, 6.45) is 0. The normalized spacial score (nSPS) is 14.8. The van der Waals surface area contributed by atoms with Gasteiger partial charge in [0.15, 0.2) is 0 Å². The fourth-order valence-electron chi connectivity index (χ4n) is 2.92. The maximum Gasteiger partial charge on any atom is 0.271 e. The molecule has 0 bridgehead atoms. The lowest BCUT2D eigenvalue weighted by Crippen LogP contribution is -2.41. The summed E-state index contributed by atoms with van der Waals surface area (Å²) in [4.78, 5) is 20.2. The zero-order valence-corrected chi connectivity index (χ0v) is 15.1. The number of aromatic amines is 1. The summed E-state index contributed by atoms with van der Waals surface area (Å²) in [7, 11) is 0. The average molecular weight is 373 g/mol. The SMILES string of the molecule is O=C(c1[nH]c2ccccc2c1Sc1ccc(Cl)cc1)N1CCOCC1. The molecule has 1 aliphatic heterocycles. The summed E-state index contributed by atoms with van der Waals surface area (Å²) in [6.45, 7) is 2.43. The molecule has 1 fully saturated rings. The van der Waals surface area contributed by atoms with Crippen LogP contribution in [0.3, 0.4) is 0 Å². The minimum Gasteiger partial charge on any atom is -0.378 e. The number of rotatable bonds is 3. The maximum absolute atomic E-state index is 13.0. The molecule has 0 radical (unpaired) electrons. The highest BCUT2D eigenvalue weighted by Crippen LogP contribution is 2.37. The Morgan fingerprint density at radius 1 is 1.08 bits per heavy atom. The number of aromatic nitrogens is 1. The Morgan fingerprint density at radius 2 is 1.80 bits per heavy atom. The van der Waals surface area contributed by atoms with Crippen molar-refractivity contribution in [2.45, 2.75) is 9.79 Å². The van der Waals surface area contributed by atoms with Crippen LogP contribution in [0.1, 0.15) is 10.5 Å². The van der Waals surface area contributed by atoms with Crippen molar-refractivity contribution >= 4 is 40.2 Å². The van der Waals surface area contributed by atoms with Crippen LogP contribution in [0.25, 0.3) is 10.9 Å². The Morgan fingerprint density at radius 3 is 2.56 bits per heavy atom. The lowest BCUT2D eigenvalue weighted by Gasteiger charge is -2.26. The number of fused-ring (bicyclic) bond motifs is 1. The lowest BCUT2D eigenvalue weighted by atomic mass is 10.2. The predicted molar refractivity (Wildman–Crippen MR) is 101 cm³/mol. The van der Waals surface area contributed by atoms with Gasteiger partial charge in [0.1, 0.15) is 5.69 Å². The van der Waals surface area contributed by atoms with Crippen LogP contribution >= 0.6 is 23.4 Å². The van der Waals surface area contributed by atoms with E-state index in [-0.39, 0.29) is 5.91 Å². The molecule has 25 heavy (non-hydrogen) atoms. The highest BCUT2D eigenvalue weighted by molar-refractivity contribution is 7.99.